The predicted molar refractivity (Wildman–Crippen MR) is 49.3 cm³/mol. The van der Waals surface area contributed by atoms with Gasteiger partial charge in [-0.2, -0.15) is 8.42 Å². The molecule has 0 aromatic heterocycles. The van der Waals surface area contributed by atoms with Gasteiger partial charge in [-0.25, -0.2) is 0 Å². The van der Waals surface area contributed by atoms with Gasteiger partial charge in [-0.1, -0.05) is 13.3 Å². The van der Waals surface area contributed by atoms with Gasteiger partial charge in [-0.15, -0.1) is 0 Å². The van der Waals surface area contributed by atoms with Crippen LogP contribution in [0, 0.1) is 0 Å². The number of aliphatic hydroxyl groups excluding tert-OH is 1. The minimum absolute atomic E-state index is 0. The van der Waals surface area contributed by atoms with Gasteiger partial charge in [0.1, 0.15) is 5.75 Å². The van der Waals surface area contributed by atoms with Gasteiger partial charge >= 0.3 is 29.6 Å². The van der Waals surface area contributed by atoms with Crippen molar-refractivity contribution in [1.29, 1.82) is 0 Å². The molecule has 0 bridgehead atoms. The van der Waals surface area contributed by atoms with Crippen molar-refractivity contribution in [1.82, 2.24) is 0 Å². The Morgan fingerprint density at radius 2 is 2.07 bits per heavy atom. The van der Waals surface area contributed by atoms with E-state index < -0.39 is 22.0 Å². The van der Waals surface area contributed by atoms with Gasteiger partial charge < -0.3 is 11.3 Å². The van der Waals surface area contributed by atoms with Crippen LogP contribution in [0.3, 0.4) is 0 Å². The third kappa shape index (κ3) is 12.8. The summed E-state index contributed by atoms with van der Waals surface area (Å²) in [5, 5.41) is 9.02. The minimum Gasteiger partial charge on any atom is -1.00 e. The SMILES string of the molecule is CCCCOCC(O)CS(=O)(=O)O.[H-].[Na+]. The Morgan fingerprint density at radius 1 is 1.50 bits per heavy atom. The van der Waals surface area contributed by atoms with Crippen LogP contribution in [0.4, 0.5) is 0 Å². The molecule has 0 heterocycles. The summed E-state index contributed by atoms with van der Waals surface area (Å²) >= 11 is 0. The Morgan fingerprint density at radius 3 is 2.50 bits per heavy atom. The number of hydrogen-bond acceptors (Lipinski definition) is 4. The summed E-state index contributed by atoms with van der Waals surface area (Å²) in [6.45, 7) is 2.44. The first kappa shape index (κ1) is 17.2. The molecule has 7 heteroatoms. The number of rotatable bonds is 7. The molecule has 0 fully saturated rings. The first-order chi connectivity index (χ1) is 5.95. The maximum atomic E-state index is 10.3. The Labute approximate surface area is 108 Å². The van der Waals surface area contributed by atoms with Gasteiger partial charge in [0.25, 0.3) is 10.1 Å². The van der Waals surface area contributed by atoms with Crippen LogP contribution in [-0.2, 0) is 14.9 Å². The van der Waals surface area contributed by atoms with Gasteiger partial charge in [0.2, 0.25) is 0 Å². The largest absolute Gasteiger partial charge is 1.00 e. The van der Waals surface area contributed by atoms with E-state index >= 15 is 0 Å². The normalized spacial score (nSPS) is 13.4. The van der Waals surface area contributed by atoms with Crippen molar-refractivity contribution in [3.8, 4) is 0 Å². The molecule has 0 aromatic carbocycles. The number of ether oxygens (including phenoxy) is 1. The molecule has 0 rings (SSSR count). The molecule has 0 aromatic rings. The summed E-state index contributed by atoms with van der Waals surface area (Å²) in [6, 6.07) is 0. The third-order valence-corrected chi connectivity index (χ3v) is 2.16. The number of unbranched alkanes of at least 4 members (excludes halogenated alkanes) is 1. The van der Waals surface area contributed by atoms with E-state index in [-0.39, 0.29) is 37.6 Å². The molecule has 14 heavy (non-hydrogen) atoms. The van der Waals surface area contributed by atoms with Crippen molar-refractivity contribution in [3.63, 3.8) is 0 Å². The molecular formula is C7H17NaO5S. The van der Waals surface area contributed by atoms with E-state index in [9.17, 15) is 8.42 Å². The summed E-state index contributed by atoms with van der Waals surface area (Å²) in [7, 11) is -4.10. The Bertz CT molecular complexity index is 221. The maximum absolute atomic E-state index is 10.3. The second-order valence-electron chi connectivity index (χ2n) is 2.83. The average Bonchev–Trinajstić information content (AvgIpc) is 1.94. The fraction of sp³-hybridized carbons (Fsp3) is 1.00. The smallest absolute Gasteiger partial charge is 1.00 e. The molecule has 0 saturated carbocycles. The molecule has 2 N–H and O–H groups in total. The Kier molecular flexibility index (Phi) is 11.2. The van der Waals surface area contributed by atoms with Crippen LogP contribution in [0.2, 0.25) is 0 Å². The molecule has 0 radical (unpaired) electrons. The average molecular weight is 236 g/mol. The first-order valence-corrected chi connectivity index (χ1v) is 5.77. The molecular weight excluding hydrogens is 219 g/mol. The molecule has 0 saturated heterocycles. The summed E-state index contributed by atoms with van der Waals surface area (Å²) in [6.07, 6.45) is 0.708. The standard InChI is InChI=1S/C7H16O5S.Na.H/c1-2-3-4-12-5-7(8)6-13(9,10)11;;/h7-8H,2-6H2,1H3,(H,9,10,11);;/q;+1;-1. The van der Waals surface area contributed by atoms with Crippen molar-refractivity contribution in [2.45, 2.75) is 25.9 Å². The topological polar surface area (TPSA) is 83.8 Å². The summed E-state index contributed by atoms with van der Waals surface area (Å²) in [5.74, 6) is -0.668. The zero-order valence-corrected chi connectivity index (χ0v) is 11.5. The second kappa shape index (κ2) is 9.08. The fourth-order valence-corrected chi connectivity index (χ4v) is 1.34. The van der Waals surface area contributed by atoms with E-state index in [1.165, 1.54) is 0 Å². The van der Waals surface area contributed by atoms with Crippen molar-refractivity contribution in [2.75, 3.05) is 19.0 Å². The van der Waals surface area contributed by atoms with Gasteiger partial charge in [0.15, 0.2) is 0 Å². The van der Waals surface area contributed by atoms with Gasteiger partial charge in [-0.3, -0.25) is 4.55 Å². The monoisotopic (exact) mass is 236 g/mol. The van der Waals surface area contributed by atoms with Crippen LogP contribution in [0.5, 0.6) is 0 Å². The van der Waals surface area contributed by atoms with Crippen LogP contribution in [0.15, 0.2) is 0 Å². The molecule has 0 aliphatic carbocycles. The van der Waals surface area contributed by atoms with Crippen LogP contribution >= 0.6 is 0 Å². The molecule has 82 valence electrons. The second-order valence-corrected chi connectivity index (χ2v) is 4.33. The summed E-state index contributed by atoms with van der Waals surface area (Å²) in [4.78, 5) is 0. The zero-order chi connectivity index (χ0) is 10.3. The number of hydrogen-bond donors (Lipinski definition) is 2. The van der Waals surface area contributed by atoms with Crippen LogP contribution in [0.1, 0.15) is 21.2 Å². The van der Waals surface area contributed by atoms with Gasteiger partial charge in [0.05, 0.1) is 12.7 Å². The molecule has 0 spiro atoms. The molecule has 1 unspecified atom stereocenters. The molecule has 5 nitrogen and oxygen atoms in total. The van der Waals surface area contributed by atoms with E-state index in [1.807, 2.05) is 6.92 Å². The molecule has 0 aliphatic heterocycles. The minimum atomic E-state index is -4.10. The summed E-state index contributed by atoms with van der Waals surface area (Å²) in [5.41, 5.74) is 0. The van der Waals surface area contributed by atoms with E-state index in [0.717, 1.165) is 12.8 Å². The first-order valence-electron chi connectivity index (χ1n) is 4.16. The molecule has 0 aliphatic rings. The van der Waals surface area contributed by atoms with E-state index in [0.29, 0.717) is 6.61 Å². The van der Waals surface area contributed by atoms with E-state index in [2.05, 4.69) is 0 Å². The van der Waals surface area contributed by atoms with E-state index in [1.54, 1.807) is 0 Å². The van der Waals surface area contributed by atoms with Gasteiger partial charge in [0, 0.05) is 6.61 Å². The fourth-order valence-electron chi connectivity index (χ4n) is 0.757. The van der Waals surface area contributed by atoms with Crippen molar-refractivity contribution >= 4 is 10.1 Å². The molecule has 0 amide bonds. The molecule has 1 atom stereocenters. The van der Waals surface area contributed by atoms with Crippen LogP contribution in [-0.4, -0.2) is 43.1 Å². The maximum Gasteiger partial charge on any atom is 1.00 e. The predicted octanol–water partition coefficient (Wildman–Crippen LogP) is -2.83. The zero-order valence-electron chi connectivity index (χ0n) is 9.64. The Balaban J connectivity index is -0.000000720. The van der Waals surface area contributed by atoms with Crippen molar-refractivity contribution < 1.29 is 53.8 Å². The quantitative estimate of drug-likeness (QED) is 0.283. The van der Waals surface area contributed by atoms with Crippen LogP contribution < -0.4 is 29.6 Å². The Hall–Kier alpha value is 0.830. The van der Waals surface area contributed by atoms with Crippen molar-refractivity contribution in [2.24, 2.45) is 0 Å². The number of aliphatic hydroxyl groups is 1. The summed E-state index contributed by atoms with van der Waals surface area (Å²) < 4.78 is 33.8. The van der Waals surface area contributed by atoms with Crippen molar-refractivity contribution in [3.05, 3.63) is 0 Å². The third-order valence-electron chi connectivity index (χ3n) is 1.36. The van der Waals surface area contributed by atoms with Crippen LogP contribution in [0.25, 0.3) is 0 Å². The van der Waals surface area contributed by atoms with E-state index in [4.69, 9.17) is 14.4 Å². The van der Waals surface area contributed by atoms with Gasteiger partial charge in [-0.05, 0) is 6.42 Å².